The topological polar surface area (TPSA) is 81.7 Å². The Labute approximate surface area is 119 Å². The number of esters is 1. The molecule has 1 rings (SSSR count). The van der Waals surface area contributed by atoms with Gasteiger partial charge in [-0.3, -0.25) is 9.59 Å². The lowest BCUT2D eigenvalue weighted by molar-refractivity contribution is -0.150. The molecule has 0 aromatic heterocycles. The number of amides is 1. The fraction of sp³-hybridized carbons (Fsp3) is 0.786. The van der Waals surface area contributed by atoms with Crippen LogP contribution >= 0.6 is 0 Å². The molecule has 1 aliphatic carbocycles. The van der Waals surface area contributed by atoms with E-state index in [-0.39, 0.29) is 24.8 Å². The van der Waals surface area contributed by atoms with E-state index in [9.17, 15) is 14.4 Å². The van der Waals surface area contributed by atoms with Crippen molar-refractivity contribution >= 4 is 17.8 Å². The highest BCUT2D eigenvalue weighted by Crippen LogP contribution is 2.24. The third kappa shape index (κ3) is 5.19. The van der Waals surface area contributed by atoms with Gasteiger partial charge in [0.05, 0.1) is 18.6 Å². The van der Waals surface area contributed by atoms with Crippen LogP contribution in [0.1, 0.15) is 47.0 Å². The molecule has 0 aromatic rings. The Bertz CT molecular complexity index is 386. The summed E-state index contributed by atoms with van der Waals surface area (Å²) in [5.74, 6) is -0.826. The Hall–Kier alpha value is -1.59. The van der Waals surface area contributed by atoms with Gasteiger partial charge in [-0.15, -0.1) is 0 Å². The van der Waals surface area contributed by atoms with E-state index in [1.54, 1.807) is 27.7 Å². The average molecular weight is 285 g/mol. The number of alkyl carbamates (subject to hydrolysis) is 1. The van der Waals surface area contributed by atoms with Gasteiger partial charge in [-0.1, -0.05) is 0 Å². The van der Waals surface area contributed by atoms with Gasteiger partial charge >= 0.3 is 12.1 Å². The highest BCUT2D eigenvalue weighted by atomic mass is 16.6. The number of nitrogens with one attached hydrogen (secondary N) is 1. The molecule has 0 spiro atoms. The van der Waals surface area contributed by atoms with Gasteiger partial charge in [0.15, 0.2) is 0 Å². The molecule has 2 atom stereocenters. The van der Waals surface area contributed by atoms with Crippen molar-refractivity contribution in [3.63, 3.8) is 0 Å². The van der Waals surface area contributed by atoms with Gasteiger partial charge in [0.2, 0.25) is 0 Å². The smallest absolute Gasteiger partial charge is 0.407 e. The molecule has 20 heavy (non-hydrogen) atoms. The number of carbonyl (C=O) groups excluding carboxylic acids is 3. The van der Waals surface area contributed by atoms with Crippen molar-refractivity contribution in [2.45, 2.75) is 58.6 Å². The maximum Gasteiger partial charge on any atom is 0.407 e. The van der Waals surface area contributed by atoms with E-state index in [1.165, 1.54) is 0 Å². The van der Waals surface area contributed by atoms with E-state index in [0.717, 1.165) is 0 Å². The molecule has 114 valence electrons. The standard InChI is InChI=1S/C14H23NO5/c1-5-19-12(17)10-7-6-9(16)8-11(10)15-13(18)20-14(2,3)4/h10-11H,5-8H2,1-4H3,(H,15,18). The highest BCUT2D eigenvalue weighted by Gasteiger charge is 2.37. The lowest BCUT2D eigenvalue weighted by Gasteiger charge is -2.30. The van der Waals surface area contributed by atoms with Gasteiger partial charge in [0.25, 0.3) is 0 Å². The molecular weight excluding hydrogens is 262 g/mol. The third-order valence-corrected chi connectivity index (χ3v) is 2.96. The Morgan fingerprint density at radius 3 is 2.55 bits per heavy atom. The highest BCUT2D eigenvalue weighted by molar-refractivity contribution is 5.85. The second kappa shape index (κ2) is 6.72. The number of hydrogen-bond donors (Lipinski definition) is 1. The normalized spacial score (nSPS) is 23.1. The molecule has 1 amide bonds. The summed E-state index contributed by atoms with van der Waals surface area (Å²) in [7, 11) is 0. The zero-order valence-corrected chi connectivity index (χ0v) is 12.5. The van der Waals surface area contributed by atoms with Crippen LogP contribution in [0.5, 0.6) is 0 Å². The zero-order valence-electron chi connectivity index (χ0n) is 12.5. The van der Waals surface area contributed by atoms with Crippen LogP contribution in [0.25, 0.3) is 0 Å². The number of carbonyl (C=O) groups is 3. The molecule has 0 aromatic carbocycles. The number of Topliss-reactive ketones (excluding diaryl/α,β-unsaturated/α-hetero) is 1. The minimum Gasteiger partial charge on any atom is -0.466 e. The first-order chi connectivity index (χ1) is 9.23. The van der Waals surface area contributed by atoms with Crippen molar-refractivity contribution in [1.82, 2.24) is 5.32 Å². The van der Waals surface area contributed by atoms with Crippen molar-refractivity contribution in [3.05, 3.63) is 0 Å². The van der Waals surface area contributed by atoms with Crippen LogP contribution in [0.4, 0.5) is 4.79 Å². The molecular formula is C14H23NO5. The summed E-state index contributed by atoms with van der Waals surface area (Å²) >= 11 is 0. The second-order valence-corrected chi connectivity index (χ2v) is 5.89. The van der Waals surface area contributed by atoms with Gasteiger partial charge < -0.3 is 14.8 Å². The largest absolute Gasteiger partial charge is 0.466 e. The van der Waals surface area contributed by atoms with Crippen molar-refractivity contribution in [2.24, 2.45) is 5.92 Å². The summed E-state index contributed by atoms with van der Waals surface area (Å²) in [6, 6.07) is -0.551. The van der Waals surface area contributed by atoms with Crippen LogP contribution in [-0.2, 0) is 19.1 Å². The predicted octanol–water partition coefficient (Wildman–Crippen LogP) is 1.81. The van der Waals surface area contributed by atoms with Gasteiger partial charge in [-0.2, -0.15) is 0 Å². The zero-order chi connectivity index (χ0) is 15.3. The lowest BCUT2D eigenvalue weighted by atomic mass is 9.84. The molecule has 1 saturated carbocycles. The summed E-state index contributed by atoms with van der Waals surface area (Å²) in [6.45, 7) is 7.26. The second-order valence-electron chi connectivity index (χ2n) is 5.89. The fourth-order valence-electron chi connectivity index (χ4n) is 2.15. The molecule has 1 N–H and O–H groups in total. The predicted molar refractivity (Wildman–Crippen MR) is 72.1 cm³/mol. The average Bonchev–Trinajstić information content (AvgIpc) is 2.26. The number of ketones is 1. The molecule has 0 heterocycles. The van der Waals surface area contributed by atoms with Gasteiger partial charge in [-0.05, 0) is 34.1 Å². The van der Waals surface area contributed by atoms with E-state index < -0.39 is 23.7 Å². The van der Waals surface area contributed by atoms with E-state index in [1.807, 2.05) is 0 Å². The Kier molecular flexibility index (Phi) is 5.53. The van der Waals surface area contributed by atoms with Crippen LogP contribution in [0.3, 0.4) is 0 Å². The van der Waals surface area contributed by atoms with Crippen LogP contribution in [0, 0.1) is 5.92 Å². The quantitative estimate of drug-likeness (QED) is 0.800. The molecule has 1 aliphatic rings. The van der Waals surface area contributed by atoms with Crippen molar-refractivity contribution in [3.8, 4) is 0 Å². The molecule has 2 unspecified atom stereocenters. The monoisotopic (exact) mass is 285 g/mol. The number of rotatable bonds is 3. The summed E-state index contributed by atoms with van der Waals surface area (Å²) < 4.78 is 10.1. The van der Waals surface area contributed by atoms with E-state index >= 15 is 0 Å². The molecule has 0 saturated heterocycles. The first-order valence-electron chi connectivity index (χ1n) is 6.90. The lowest BCUT2D eigenvalue weighted by Crippen LogP contribution is -2.49. The summed E-state index contributed by atoms with van der Waals surface area (Å²) in [6.07, 6.45) is 0.267. The minimum absolute atomic E-state index is 0.0339. The minimum atomic E-state index is -0.623. The van der Waals surface area contributed by atoms with Crippen LogP contribution in [-0.4, -0.2) is 36.1 Å². The summed E-state index contributed by atoms with van der Waals surface area (Å²) in [5, 5.41) is 2.61. The first kappa shape index (κ1) is 16.5. The maximum absolute atomic E-state index is 11.9. The Morgan fingerprint density at radius 1 is 1.35 bits per heavy atom. The molecule has 0 aliphatic heterocycles. The van der Waals surface area contributed by atoms with Crippen molar-refractivity contribution in [1.29, 1.82) is 0 Å². The van der Waals surface area contributed by atoms with Gasteiger partial charge in [0.1, 0.15) is 11.4 Å². The number of ether oxygens (including phenoxy) is 2. The van der Waals surface area contributed by atoms with Gasteiger partial charge in [0, 0.05) is 12.8 Å². The number of hydrogen-bond acceptors (Lipinski definition) is 5. The maximum atomic E-state index is 11.9. The fourth-order valence-corrected chi connectivity index (χ4v) is 2.15. The molecule has 0 radical (unpaired) electrons. The Balaban J connectivity index is 2.68. The Morgan fingerprint density at radius 2 is 2.00 bits per heavy atom. The van der Waals surface area contributed by atoms with E-state index in [2.05, 4.69) is 5.32 Å². The van der Waals surface area contributed by atoms with Crippen molar-refractivity contribution in [2.75, 3.05) is 6.61 Å². The molecule has 6 heteroatoms. The van der Waals surface area contributed by atoms with E-state index in [4.69, 9.17) is 9.47 Å². The van der Waals surface area contributed by atoms with Crippen LogP contribution < -0.4 is 5.32 Å². The van der Waals surface area contributed by atoms with Gasteiger partial charge in [-0.25, -0.2) is 4.79 Å². The van der Waals surface area contributed by atoms with Crippen LogP contribution in [0.2, 0.25) is 0 Å². The molecule has 1 fully saturated rings. The summed E-state index contributed by atoms with van der Waals surface area (Å²) in [5.41, 5.74) is -0.623. The molecule has 0 bridgehead atoms. The molecule has 6 nitrogen and oxygen atoms in total. The van der Waals surface area contributed by atoms with E-state index in [0.29, 0.717) is 12.8 Å². The van der Waals surface area contributed by atoms with Crippen molar-refractivity contribution < 1.29 is 23.9 Å². The first-order valence-corrected chi connectivity index (χ1v) is 6.90. The third-order valence-electron chi connectivity index (χ3n) is 2.96. The summed E-state index contributed by atoms with van der Waals surface area (Å²) in [4.78, 5) is 35.1. The van der Waals surface area contributed by atoms with Crippen LogP contribution in [0.15, 0.2) is 0 Å². The SMILES string of the molecule is CCOC(=O)C1CCC(=O)CC1NC(=O)OC(C)(C)C.